The Morgan fingerprint density at radius 2 is 2.10 bits per heavy atom. The van der Waals surface area contributed by atoms with E-state index in [1.165, 1.54) is 6.07 Å². The van der Waals surface area contributed by atoms with Crippen molar-refractivity contribution in [3.05, 3.63) is 51.8 Å². The van der Waals surface area contributed by atoms with E-state index < -0.39 is 17.8 Å². The van der Waals surface area contributed by atoms with Gasteiger partial charge in [-0.15, -0.1) is 0 Å². The van der Waals surface area contributed by atoms with Crippen LogP contribution in [0.25, 0.3) is 0 Å². The smallest absolute Gasteiger partial charge is 0.324 e. The van der Waals surface area contributed by atoms with Crippen molar-refractivity contribution in [2.24, 2.45) is 5.73 Å². The molecule has 2 aromatic rings. The predicted octanol–water partition coefficient (Wildman–Crippen LogP) is 3.93. The van der Waals surface area contributed by atoms with Crippen LogP contribution in [0.3, 0.4) is 0 Å². The van der Waals surface area contributed by atoms with Crippen LogP contribution in [0.15, 0.2) is 35.1 Å². The van der Waals surface area contributed by atoms with Crippen molar-refractivity contribution in [1.29, 1.82) is 0 Å². The Kier molecular flexibility index (Phi) is 4.73. The third-order valence-corrected chi connectivity index (χ3v) is 3.68. The van der Waals surface area contributed by atoms with E-state index in [0.717, 1.165) is 11.6 Å². The van der Waals surface area contributed by atoms with Crippen LogP contribution in [-0.2, 0) is 19.1 Å². The van der Waals surface area contributed by atoms with E-state index in [4.69, 9.17) is 5.73 Å². The van der Waals surface area contributed by atoms with Gasteiger partial charge in [-0.1, -0.05) is 22.0 Å². The van der Waals surface area contributed by atoms with Gasteiger partial charge < -0.3 is 5.73 Å². The van der Waals surface area contributed by atoms with E-state index in [1.807, 2.05) is 6.92 Å². The fourth-order valence-electron chi connectivity index (χ4n) is 2.15. The van der Waals surface area contributed by atoms with Gasteiger partial charge in [-0.25, -0.2) is 0 Å². The number of aryl methyl sites for hydroxylation is 1. The first-order chi connectivity index (χ1) is 9.81. The second-order valence-electron chi connectivity index (χ2n) is 4.74. The Hall–Kier alpha value is -1.34. The molecule has 0 aliphatic heterocycles. The number of aromatic nitrogens is 2. The van der Waals surface area contributed by atoms with Gasteiger partial charge in [-0.05, 0) is 36.6 Å². The Bertz CT molecular complexity index is 622. The normalized spacial score (nSPS) is 13.4. The van der Waals surface area contributed by atoms with Crippen LogP contribution in [-0.4, -0.2) is 9.78 Å². The highest BCUT2D eigenvalue weighted by Gasteiger charge is 2.34. The molecule has 1 unspecified atom stereocenters. The molecule has 114 valence electrons. The van der Waals surface area contributed by atoms with E-state index in [2.05, 4.69) is 21.0 Å². The van der Waals surface area contributed by atoms with Gasteiger partial charge >= 0.3 is 6.18 Å². The molecule has 0 fully saturated rings. The molecule has 3 nitrogen and oxygen atoms in total. The Balaban J connectivity index is 2.28. The number of hydrogen-bond donors (Lipinski definition) is 1. The molecule has 1 heterocycles. The van der Waals surface area contributed by atoms with Crippen LogP contribution >= 0.6 is 15.9 Å². The number of alkyl halides is 3. The fourth-order valence-corrected chi connectivity index (χ4v) is 2.51. The van der Waals surface area contributed by atoms with Crippen molar-refractivity contribution in [3.8, 4) is 0 Å². The van der Waals surface area contributed by atoms with E-state index in [0.29, 0.717) is 17.4 Å². The molecule has 7 heteroatoms. The van der Waals surface area contributed by atoms with Gasteiger partial charge in [-0.3, -0.25) is 4.68 Å². The lowest BCUT2D eigenvalue weighted by atomic mass is 9.96. The summed E-state index contributed by atoms with van der Waals surface area (Å²) in [7, 11) is 0. The average molecular weight is 362 g/mol. The molecule has 1 atom stereocenters. The Morgan fingerprint density at radius 3 is 2.67 bits per heavy atom. The van der Waals surface area contributed by atoms with Crippen LogP contribution in [0.4, 0.5) is 13.2 Å². The SMILES string of the molecule is CCn1cc(CC(N)c2ccc(Br)cc2C(F)(F)F)cn1. The molecule has 0 bridgehead atoms. The van der Waals surface area contributed by atoms with Gasteiger partial charge in [0, 0.05) is 23.3 Å². The summed E-state index contributed by atoms with van der Waals surface area (Å²) in [5, 5.41) is 4.10. The number of rotatable bonds is 4. The number of halogens is 4. The van der Waals surface area contributed by atoms with Crippen LogP contribution < -0.4 is 5.73 Å². The molecule has 2 N–H and O–H groups in total. The largest absolute Gasteiger partial charge is 0.416 e. The highest BCUT2D eigenvalue weighted by molar-refractivity contribution is 9.10. The second kappa shape index (κ2) is 6.19. The zero-order chi connectivity index (χ0) is 15.6. The van der Waals surface area contributed by atoms with E-state index >= 15 is 0 Å². The molecule has 0 saturated carbocycles. The molecule has 1 aromatic carbocycles. The molecular weight excluding hydrogens is 347 g/mol. The van der Waals surface area contributed by atoms with Crippen LogP contribution in [0.2, 0.25) is 0 Å². The van der Waals surface area contributed by atoms with E-state index in [9.17, 15) is 13.2 Å². The summed E-state index contributed by atoms with van der Waals surface area (Å²) in [6, 6.07) is 3.32. The van der Waals surface area contributed by atoms with Gasteiger partial charge in [0.2, 0.25) is 0 Å². The molecule has 0 aliphatic rings. The molecular formula is C14H15BrF3N3. The number of nitrogens with zero attached hydrogens (tertiary/aromatic N) is 2. The standard InChI is InChI=1S/C14H15BrF3N3/c1-2-21-8-9(7-20-21)5-13(19)11-4-3-10(15)6-12(11)14(16,17)18/h3-4,6-8,13H,2,5,19H2,1H3. The van der Waals surface area contributed by atoms with Gasteiger partial charge in [0.15, 0.2) is 0 Å². The zero-order valence-corrected chi connectivity index (χ0v) is 12.9. The highest BCUT2D eigenvalue weighted by Crippen LogP contribution is 2.36. The highest BCUT2D eigenvalue weighted by atomic mass is 79.9. The number of nitrogens with two attached hydrogens (primary N) is 1. The monoisotopic (exact) mass is 361 g/mol. The topological polar surface area (TPSA) is 43.8 Å². The van der Waals surface area contributed by atoms with Crippen molar-refractivity contribution in [3.63, 3.8) is 0 Å². The maximum Gasteiger partial charge on any atom is 0.416 e. The Morgan fingerprint density at radius 1 is 1.38 bits per heavy atom. The third-order valence-electron chi connectivity index (χ3n) is 3.19. The van der Waals surface area contributed by atoms with Crippen LogP contribution in [0.5, 0.6) is 0 Å². The average Bonchev–Trinajstić information content (AvgIpc) is 2.85. The molecule has 1 aromatic heterocycles. The Labute approximate surface area is 129 Å². The molecule has 0 spiro atoms. The summed E-state index contributed by atoms with van der Waals surface area (Å²) < 4.78 is 41.4. The van der Waals surface area contributed by atoms with Crippen molar-refractivity contribution >= 4 is 15.9 Å². The summed E-state index contributed by atoms with van der Waals surface area (Å²) in [4.78, 5) is 0. The molecule has 21 heavy (non-hydrogen) atoms. The molecule has 0 radical (unpaired) electrons. The minimum atomic E-state index is -4.43. The summed E-state index contributed by atoms with van der Waals surface area (Å²) >= 11 is 3.06. The van der Waals surface area contributed by atoms with Crippen molar-refractivity contribution in [2.45, 2.75) is 32.1 Å². The molecule has 0 aliphatic carbocycles. The van der Waals surface area contributed by atoms with Crippen molar-refractivity contribution in [2.75, 3.05) is 0 Å². The van der Waals surface area contributed by atoms with Crippen LogP contribution in [0.1, 0.15) is 29.7 Å². The lowest BCUT2D eigenvalue weighted by Gasteiger charge is -2.18. The maximum absolute atomic E-state index is 13.1. The lowest BCUT2D eigenvalue weighted by Crippen LogP contribution is -2.19. The summed E-state index contributed by atoms with van der Waals surface area (Å²) in [5.74, 6) is 0. The minimum Gasteiger partial charge on any atom is -0.324 e. The van der Waals surface area contributed by atoms with Gasteiger partial charge in [0.25, 0.3) is 0 Å². The third kappa shape index (κ3) is 3.85. The summed E-state index contributed by atoms with van der Waals surface area (Å²) in [5.41, 5.74) is 6.18. The van der Waals surface area contributed by atoms with Crippen molar-refractivity contribution in [1.82, 2.24) is 9.78 Å². The van der Waals surface area contributed by atoms with Gasteiger partial charge in [-0.2, -0.15) is 18.3 Å². The maximum atomic E-state index is 13.1. The van der Waals surface area contributed by atoms with E-state index in [-0.39, 0.29) is 5.56 Å². The van der Waals surface area contributed by atoms with E-state index in [1.54, 1.807) is 23.1 Å². The molecule has 2 rings (SSSR count). The first kappa shape index (κ1) is 16.0. The first-order valence-corrected chi connectivity index (χ1v) is 7.24. The molecule has 0 amide bonds. The van der Waals surface area contributed by atoms with Gasteiger partial charge in [0.1, 0.15) is 0 Å². The molecule has 0 saturated heterocycles. The summed E-state index contributed by atoms with van der Waals surface area (Å²) in [6.07, 6.45) is -0.684. The zero-order valence-electron chi connectivity index (χ0n) is 11.4. The first-order valence-electron chi connectivity index (χ1n) is 6.44. The van der Waals surface area contributed by atoms with Crippen LogP contribution in [0, 0.1) is 0 Å². The minimum absolute atomic E-state index is 0.0925. The number of benzene rings is 1. The predicted molar refractivity (Wildman–Crippen MR) is 77.7 cm³/mol. The van der Waals surface area contributed by atoms with Crippen molar-refractivity contribution < 1.29 is 13.2 Å². The number of hydrogen-bond acceptors (Lipinski definition) is 2. The second-order valence-corrected chi connectivity index (χ2v) is 5.66. The lowest BCUT2D eigenvalue weighted by molar-refractivity contribution is -0.138. The summed E-state index contributed by atoms with van der Waals surface area (Å²) in [6.45, 7) is 2.65. The fraction of sp³-hybridized carbons (Fsp3) is 0.357. The van der Waals surface area contributed by atoms with Gasteiger partial charge in [0.05, 0.1) is 11.8 Å². The quantitative estimate of drug-likeness (QED) is 0.896.